The molecule has 1 aromatic carbocycles. The lowest BCUT2D eigenvalue weighted by Gasteiger charge is -2.22. The number of carbonyl (C=O) groups is 1. The van der Waals surface area contributed by atoms with Crippen molar-refractivity contribution in [3.8, 4) is 0 Å². The molecule has 0 atom stereocenters. The lowest BCUT2D eigenvalue weighted by atomic mass is 10.1. The van der Waals surface area contributed by atoms with Gasteiger partial charge in [0.1, 0.15) is 0 Å². The van der Waals surface area contributed by atoms with E-state index in [0.29, 0.717) is 27.7 Å². The molecule has 1 amide bonds. The van der Waals surface area contributed by atoms with E-state index in [1.165, 1.54) is 0 Å². The number of nitrogens with zero attached hydrogens (tertiary/aromatic N) is 1. The predicted molar refractivity (Wildman–Crippen MR) is 92.1 cm³/mol. The second kappa shape index (κ2) is 6.90. The number of rotatable bonds is 3. The van der Waals surface area contributed by atoms with E-state index in [1.807, 2.05) is 11.8 Å². The van der Waals surface area contributed by atoms with Crippen molar-refractivity contribution >= 4 is 40.6 Å². The molecule has 0 radical (unpaired) electrons. The third-order valence-electron chi connectivity index (χ3n) is 3.56. The Bertz CT molecular complexity index is 522. The molecule has 0 aromatic heterocycles. The molecule has 1 fully saturated rings. The predicted octanol–water partition coefficient (Wildman–Crippen LogP) is 3.08. The molecule has 2 rings (SSSR count). The second-order valence-electron chi connectivity index (χ2n) is 5.92. The van der Waals surface area contributed by atoms with E-state index in [9.17, 15) is 4.79 Å². The van der Waals surface area contributed by atoms with Crippen molar-refractivity contribution in [2.24, 2.45) is 0 Å². The summed E-state index contributed by atoms with van der Waals surface area (Å²) in [6, 6.07) is 5.10. The Kier molecular flexibility index (Phi) is 5.41. The van der Waals surface area contributed by atoms with Crippen molar-refractivity contribution in [2.75, 3.05) is 36.4 Å². The van der Waals surface area contributed by atoms with Crippen molar-refractivity contribution in [2.45, 2.75) is 25.0 Å². The summed E-state index contributed by atoms with van der Waals surface area (Å²) < 4.78 is 0.297. The lowest BCUT2D eigenvalue weighted by molar-refractivity contribution is -0.117. The third-order valence-corrected chi connectivity index (χ3v) is 5.25. The van der Waals surface area contributed by atoms with E-state index in [1.54, 1.807) is 18.2 Å². The lowest BCUT2D eigenvalue weighted by Crippen LogP contribution is -2.35. The largest absolute Gasteiger partial charge is 0.399 e. The molecule has 3 N–H and O–H groups in total. The number of nitrogens with two attached hydrogens (primary N) is 1. The Morgan fingerprint density at radius 2 is 2.24 bits per heavy atom. The fourth-order valence-electron chi connectivity index (χ4n) is 2.25. The topological polar surface area (TPSA) is 58.4 Å². The summed E-state index contributed by atoms with van der Waals surface area (Å²) in [5, 5.41) is 3.32. The smallest absolute Gasteiger partial charge is 0.238 e. The van der Waals surface area contributed by atoms with Crippen LogP contribution in [0.25, 0.3) is 0 Å². The normalized spacial score (nSPS) is 19.0. The Balaban J connectivity index is 1.89. The SMILES string of the molecule is CC1(C)CCN(CC(=O)Nc2ccc(N)cc2Cl)CCS1. The van der Waals surface area contributed by atoms with Crippen LogP contribution < -0.4 is 11.1 Å². The molecule has 1 aliphatic rings. The highest BCUT2D eigenvalue weighted by Crippen LogP contribution is 2.30. The summed E-state index contributed by atoms with van der Waals surface area (Å²) in [6.45, 7) is 6.81. The number of benzene rings is 1. The number of nitrogens with one attached hydrogen (secondary N) is 1. The first-order chi connectivity index (χ1) is 9.85. The van der Waals surface area contributed by atoms with Crippen LogP contribution in [0, 0.1) is 0 Å². The van der Waals surface area contributed by atoms with Gasteiger partial charge < -0.3 is 11.1 Å². The number of amides is 1. The molecule has 1 aromatic rings. The van der Waals surface area contributed by atoms with Crippen LogP contribution in [0.2, 0.25) is 5.02 Å². The number of anilines is 2. The Morgan fingerprint density at radius 3 is 2.95 bits per heavy atom. The van der Waals surface area contributed by atoms with E-state index in [4.69, 9.17) is 17.3 Å². The minimum absolute atomic E-state index is 0.0358. The second-order valence-corrected chi connectivity index (χ2v) is 8.13. The van der Waals surface area contributed by atoms with Gasteiger partial charge in [0.15, 0.2) is 0 Å². The van der Waals surface area contributed by atoms with Crippen LogP contribution in [-0.4, -0.2) is 40.9 Å². The molecule has 0 saturated carbocycles. The molecule has 21 heavy (non-hydrogen) atoms. The molecule has 6 heteroatoms. The first-order valence-electron chi connectivity index (χ1n) is 7.07. The van der Waals surface area contributed by atoms with Gasteiger partial charge in [-0.15, -0.1) is 0 Å². The number of carbonyl (C=O) groups excluding carboxylic acids is 1. The Labute approximate surface area is 135 Å². The zero-order chi connectivity index (χ0) is 15.5. The summed E-state index contributed by atoms with van der Waals surface area (Å²) in [7, 11) is 0. The molecular formula is C15H22ClN3OS. The Morgan fingerprint density at radius 1 is 1.48 bits per heavy atom. The van der Waals surface area contributed by atoms with Crippen molar-refractivity contribution in [3.63, 3.8) is 0 Å². The fraction of sp³-hybridized carbons (Fsp3) is 0.533. The molecule has 1 heterocycles. The van der Waals surface area contributed by atoms with Crippen LogP contribution in [0.3, 0.4) is 0 Å². The number of hydrogen-bond acceptors (Lipinski definition) is 4. The van der Waals surface area contributed by atoms with Gasteiger partial charge in [-0.25, -0.2) is 0 Å². The molecule has 4 nitrogen and oxygen atoms in total. The number of halogens is 1. The van der Waals surface area contributed by atoms with E-state index in [0.717, 1.165) is 25.3 Å². The monoisotopic (exact) mass is 327 g/mol. The van der Waals surface area contributed by atoms with Crippen LogP contribution in [0.15, 0.2) is 18.2 Å². The van der Waals surface area contributed by atoms with Gasteiger partial charge in [-0.3, -0.25) is 9.69 Å². The highest BCUT2D eigenvalue weighted by Gasteiger charge is 2.24. The number of nitrogen functional groups attached to an aromatic ring is 1. The number of hydrogen-bond donors (Lipinski definition) is 2. The summed E-state index contributed by atoms with van der Waals surface area (Å²) in [6.07, 6.45) is 1.09. The van der Waals surface area contributed by atoms with Crippen LogP contribution in [0.1, 0.15) is 20.3 Å². The summed E-state index contributed by atoms with van der Waals surface area (Å²) in [4.78, 5) is 14.3. The Hall–Kier alpha value is -0.910. The highest BCUT2D eigenvalue weighted by atomic mass is 35.5. The maximum absolute atomic E-state index is 12.1. The first kappa shape index (κ1) is 16.5. The average molecular weight is 328 g/mol. The molecule has 0 unspecified atom stereocenters. The van der Waals surface area contributed by atoms with Gasteiger partial charge in [0, 0.05) is 29.3 Å². The van der Waals surface area contributed by atoms with Crippen molar-refractivity contribution in [3.05, 3.63) is 23.2 Å². The quantitative estimate of drug-likeness (QED) is 0.838. The van der Waals surface area contributed by atoms with E-state index < -0.39 is 0 Å². The molecule has 116 valence electrons. The van der Waals surface area contributed by atoms with Gasteiger partial charge in [0.25, 0.3) is 0 Å². The average Bonchev–Trinajstić information content (AvgIpc) is 2.54. The van der Waals surface area contributed by atoms with E-state index in [2.05, 4.69) is 24.1 Å². The standard InChI is InChI=1S/C15H22ClN3OS/c1-15(2)5-6-19(7-8-21-15)10-14(20)18-13-4-3-11(17)9-12(13)16/h3-4,9H,5-8,10,17H2,1-2H3,(H,18,20). The van der Waals surface area contributed by atoms with E-state index >= 15 is 0 Å². The van der Waals surface area contributed by atoms with Gasteiger partial charge in [0.2, 0.25) is 5.91 Å². The van der Waals surface area contributed by atoms with Gasteiger partial charge >= 0.3 is 0 Å². The maximum Gasteiger partial charge on any atom is 0.238 e. The molecule has 0 aliphatic carbocycles. The zero-order valence-electron chi connectivity index (χ0n) is 12.5. The summed E-state index contributed by atoms with van der Waals surface area (Å²) >= 11 is 8.04. The van der Waals surface area contributed by atoms with Crippen LogP contribution >= 0.6 is 23.4 Å². The van der Waals surface area contributed by atoms with Crippen LogP contribution in [0.4, 0.5) is 11.4 Å². The summed E-state index contributed by atoms with van der Waals surface area (Å²) in [5.74, 6) is 1.02. The van der Waals surface area contributed by atoms with Crippen LogP contribution in [0.5, 0.6) is 0 Å². The van der Waals surface area contributed by atoms with Gasteiger partial charge in [-0.2, -0.15) is 11.8 Å². The minimum atomic E-state index is -0.0358. The van der Waals surface area contributed by atoms with Crippen molar-refractivity contribution in [1.82, 2.24) is 4.90 Å². The fourth-order valence-corrected chi connectivity index (χ4v) is 3.62. The minimum Gasteiger partial charge on any atom is -0.399 e. The highest BCUT2D eigenvalue weighted by molar-refractivity contribution is 8.00. The molecule has 0 spiro atoms. The molecule has 0 bridgehead atoms. The molecular weight excluding hydrogens is 306 g/mol. The third kappa shape index (κ3) is 5.09. The van der Waals surface area contributed by atoms with Gasteiger partial charge in [0.05, 0.1) is 17.3 Å². The van der Waals surface area contributed by atoms with Gasteiger partial charge in [-0.05, 0) is 24.6 Å². The van der Waals surface area contributed by atoms with E-state index in [-0.39, 0.29) is 5.91 Å². The summed E-state index contributed by atoms with van der Waals surface area (Å²) in [5.41, 5.74) is 6.84. The van der Waals surface area contributed by atoms with Crippen molar-refractivity contribution in [1.29, 1.82) is 0 Å². The van der Waals surface area contributed by atoms with Gasteiger partial charge in [-0.1, -0.05) is 25.4 Å². The van der Waals surface area contributed by atoms with Crippen molar-refractivity contribution < 1.29 is 4.79 Å². The number of thioether (sulfide) groups is 1. The zero-order valence-corrected chi connectivity index (χ0v) is 14.1. The first-order valence-corrected chi connectivity index (χ1v) is 8.43. The van der Waals surface area contributed by atoms with Crippen LogP contribution in [-0.2, 0) is 4.79 Å². The maximum atomic E-state index is 12.1. The molecule has 1 saturated heterocycles. The molecule has 1 aliphatic heterocycles.